The van der Waals surface area contributed by atoms with Crippen LogP contribution in [-0.4, -0.2) is 33.5 Å². The molecular weight excluding hydrogens is 458 g/mol. The molecule has 2 N–H and O–H groups in total. The number of aliphatic hydroxyl groups is 1. The van der Waals surface area contributed by atoms with Gasteiger partial charge in [-0.05, 0) is 56.6 Å². The van der Waals surface area contributed by atoms with Crippen LogP contribution >= 0.6 is 0 Å². The summed E-state index contributed by atoms with van der Waals surface area (Å²) in [7, 11) is 1.44. The lowest BCUT2D eigenvalue weighted by Crippen LogP contribution is -2.43. The lowest BCUT2D eigenvalue weighted by Gasteiger charge is -2.36. The molecule has 3 aromatic rings. The van der Waals surface area contributed by atoms with Crippen LogP contribution in [0.4, 0.5) is 14.5 Å². The Morgan fingerprint density at radius 1 is 1.29 bits per heavy atom. The Morgan fingerprint density at radius 3 is 2.63 bits per heavy atom. The maximum absolute atomic E-state index is 13.7. The number of methoxy groups -OCH3 is 1. The predicted molar refractivity (Wildman–Crippen MR) is 124 cm³/mol. The van der Waals surface area contributed by atoms with Gasteiger partial charge in [-0.3, -0.25) is 9.48 Å². The highest BCUT2D eigenvalue weighted by atomic mass is 19.3. The normalized spacial score (nSPS) is 22.8. The topological polar surface area (TPSA) is 103 Å². The number of carbonyl (C=O) groups is 1. The predicted octanol–water partition coefficient (Wildman–Crippen LogP) is 4.30. The van der Waals surface area contributed by atoms with Crippen molar-refractivity contribution in [2.45, 2.75) is 63.0 Å². The molecule has 0 aliphatic heterocycles. The molecule has 186 valence electrons. The van der Waals surface area contributed by atoms with Crippen molar-refractivity contribution < 1.29 is 28.1 Å². The summed E-state index contributed by atoms with van der Waals surface area (Å²) in [6.45, 7) is 0.603. The van der Waals surface area contributed by atoms with Gasteiger partial charge in [0.1, 0.15) is 5.75 Å². The van der Waals surface area contributed by atoms with E-state index in [0.29, 0.717) is 29.8 Å². The Bertz CT molecular complexity index is 1270. The molecule has 2 aliphatic rings. The minimum Gasteiger partial charge on any atom is -0.618 e. The monoisotopic (exact) mass is 486 g/mol. The number of fused-ring (bicyclic) bond motifs is 1. The summed E-state index contributed by atoms with van der Waals surface area (Å²) >= 11 is 0. The van der Waals surface area contributed by atoms with E-state index in [4.69, 9.17) is 4.74 Å². The summed E-state index contributed by atoms with van der Waals surface area (Å²) in [6, 6.07) is 6.96. The number of benzene rings is 1. The number of anilines is 1. The Kier molecular flexibility index (Phi) is 5.66. The molecule has 2 aromatic heterocycles. The fourth-order valence-corrected chi connectivity index (χ4v) is 5.10. The van der Waals surface area contributed by atoms with Crippen LogP contribution in [-0.2, 0) is 5.92 Å². The van der Waals surface area contributed by atoms with Gasteiger partial charge in [-0.25, -0.2) is 0 Å². The molecule has 2 heterocycles. The van der Waals surface area contributed by atoms with Crippen LogP contribution < -0.4 is 14.8 Å². The largest absolute Gasteiger partial charge is 0.618 e. The highest BCUT2D eigenvalue weighted by Gasteiger charge is 2.46. The average molecular weight is 487 g/mol. The van der Waals surface area contributed by atoms with Gasteiger partial charge in [0, 0.05) is 36.7 Å². The molecule has 5 rings (SSSR count). The lowest BCUT2D eigenvalue weighted by atomic mass is 9.79. The molecule has 8 nitrogen and oxygen atoms in total. The van der Waals surface area contributed by atoms with E-state index in [1.807, 2.05) is 10.9 Å². The van der Waals surface area contributed by atoms with Crippen LogP contribution in [0.5, 0.6) is 5.75 Å². The number of alkyl halides is 2. The molecule has 35 heavy (non-hydrogen) atoms. The smallest absolute Gasteiger partial charge is 0.328 e. The zero-order valence-electron chi connectivity index (χ0n) is 19.6. The number of halogens is 2. The van der Waals surface area contributed by atoms with Gasteiger partial charge in [-0.1, -0.05) is 0 Å². The zero-order valence-corrected chi connectivity index (χ0v) is 19.6. The molecule has 1 aromatic carbocycles. The third kappa shape index (κ3) is 4.42. The Labute approximate surface area is 201 Å². The van der Waals surface area contributed by atoms with Crippen molar-refractivity contribution in [1.29, 1.82) is 0 Å². The van der Waals surface area contributed by atoms with Crippen LogP contribution in [0.15, 0.2) is 36.5 Å². The van der Waals surface area contributed by atoms with Crippen LogP contribution in [0, 0.1) is 11.1 Å². The van der Waals surface area contributed by atoms with E-state index in [2.05, 4.69) is 10.4 Å². The number of amides is 1. The number of carbonyl (C=O) groups excluding carboxylic acids is 1. The Hall–Kier alpha value is -3.27. The van der Waals surface area contributed by atoms with Crippen LogP contribution in [0.25, 0.3) is 10.9 Å². The first-order valence-corrected chi connectivity index (χ1v) is 11.8. The van der Waals surface area contributed by atoms with E-state index in [-0.39, 0.29) is 10.8 Å². The molecule has 0 spiro atoms. The second-order valence-electron chi connectivity index (χ2n) is 9.76. The molecule has 0 radical (unpaired) electrons. The second-order valence-corrected chi connectivity index (χ2v) is 9.76. The first kappa shape index (κ1) is 23.5. The maximum Gasteiger partial charge on any atom is 0.328 e. The molecule has 2 saturated carbocycles. The average Bonchev–Trinajstić information content (AvgIpc) is 3.59. The second kappa shape index (κ2) is 8.44. The summed E-state index contributed by atoms with van der Waals surface area (Å²) in [4.78, 5) is 12.8. The summed E-state index contributed by atoms with van der Waals surface area (Å²) in [5.74, 6) is -3.45. The van der Waals surface area contributed by atoms with E-state index in [0.717, 1.165) is 50.0 Å². The SMILES string of the molecule is COc1cc2nn(C3CCC(O)(C4CC4)CC3)cc2cc1NC(=O)c1cccc(C(C)(F)F)[n+]1[O-]. The first-order chi connectivity index (χ1) is 16.6. The zero-order chi connectivity index (χ0) is 25.0. The van der Waals surface area contributed by atoms with E-state index >= 15 is 0 Å². The van der Waals surface area contributed by atoms with Crippen molar-refractivity contribution in [3.63, 3.8) is 0 Å². The van der Waals surface area contributed by atoms with E-state index in [1.54, 1.807) is 12.1 Å². The summed E-state index contributed by atoms with van der Waals surface area (Å²) in [6.07, 6.45) is 7.30. The maximum atomic E-state index is 13.7. The number of aromatic nitrogens is 3. The number of nitrogens with zero attached hydrogens (tertiary/aromatic N) is 3. The quantitative estimate of drug-likeness (QED) is 0.400. The Morgan fingerprint density at radius 2 is 2.00 bits per heavy atom. The van der Waals surface area contributed by atoms with Gasteiger partial charge in [0.2, 0.25) is 0 Å². The summed E-state index contributed by atoms with van der Waals surface area (Å²) < 4.78 is 34.7. The molecular formula is C25H28F2N4O4. The fraction of sp³-hybridized carbons (Fsp3) is 0.480. The molecule has 2 aliphatic carbocycles. The van der Waals surface area contributed by atoms with Crippen LogP contribution in [0.3, 0.4) is 0 Å². The number of rotatable bonds is 6. The Balaban J connectivity index is 1.39. The summed E-state index contributed by atoms with van der Waals surface area (Å²) in [5, 5.41) is 31.3. The minimum absolute atomic E-state index is 0.0513. The van der Waals surface area contributed by atoms with Gasteiger partial charge < -0.3 is 20.4 Å². The lowest BCUT2D eigenvalue weighted by molar-refractivity contribution is -0.626. The number of hydrogen-bond donors (Lipinski definition) is 2. The molecule has 2 fully saturated rings. The van der Waals surface area contributed by atoms with Gasteiger partial charge in [0.25, 0.3) is 11.4 Å². The number of nitrogens with one attached hydrogen (secondary N) is 1. The minimum atomic E-state index is -3.39. The van der Waals surface area contributed by atoms with Crippen molar-refractivity contribution in [3.8, 4) is 5.75 Å². The van der Waals surface area contributed by atoms with Gasteiger partial charge >= 0.3 is 11.8 Å². The van der Waals surface area contributed by atoms with Gasteiger partial charge in [0.15, 0.2) is 0 Å². The van der Waals surface area contributed by atoms with Gasteiger partial charge in [-0.15, -0.1) is 0 Å². The van der Waals surface area contributed by atoms with E-state index < -0.39 is 28.8 Å². The van der Waals surface area contributed by atoms with Gasteiger partial charge in [-0.2, -0.15) is 18.6 Å². The van der Waals surface area contributed by atoms with Crippen molar-refractivity contribution >= 4 is 22.5 Å². The number of ether oxygens (including phenoxy) is 1. The molecule has 10 heteroatoms. The molecule has 0 saturated heterocycles. The van der Waals surface area contributed by atoms with Crippen LogP contribution in [0.2, 0.25) is 0 Å². The van der Waals surface area contributed by atoms with Gasteiger partial charge in [0.05, 0.1) is 30.0 Å². The number of hydrogen-bond acceptors (Lipinski definition) is 5. The van der Waals surface area contributed by atoms with Crippen molar-refractivity contribution in [2.24, 2.45) is 5.92 Å². The third-order valence-corrected chi connectivity index (χ3v) is 7.25. The molecule has 1 amide bonds. The molecule has 0 atom stereocenters. The van der Waals surface area contributed by atoms with Crippen LogP contribution in [0.1, 0.15) is 67.7 Å². The van der Waals surface area contributed by atoms with Crippen molar-refractivity contribution in [3.05, 3.63) is 53.1 Å². The highest BCUT2D eigenvalue weighted by molar-refractivity contribution is 6.04. The number of pyridine rings is 1. The third-order valence-electron chi connectivity index (χ3n) is 7.25. The fourth-order valence-electron chi connectivity index (χ4n) is 5.10. The van der Waals surface area contributed by atoms with Crippen molar-refractivity contribution in [2.75, 3.05) is 12.4 Å². The van der Waals surface area contributed by atoms with E-state index in [9.17, 15) is 23.9 Å². The summed E-state index contributed by atoms with van der Waals surface area (Å²) in [5.41, 5.74) is -0.831. The highest BCUT2D eigenvalue weighted by Crippen LogP contribution is 2.49. The molecule has 0 bridgehead atoms. The first-order valence-electron chi connectivity index (χ1n) is 11.8. The van der Waals surface area contributed by atoms with Crippen molar-refractivity contribution in [1.82, 2.24) is 9.78 Å². The molecule has 0 unspecified atom stereocenters. The standard InChI is InChI=1S/C25H28F2N4O4/c1-24(26,27)22-5-3-4-20(31(22)34)23(32)28-19-12-15-14-30(29-18(15)13-21(19)35-2)17-8-10-25(33,11-9-17)16-6-7-16/h3-5,12-14,16-17,33H,6-11H2,1-2H3,(H,28,32). The van der Waals surface area contributed by atoms with E-state index in [1.165, 1.54) is 19.2 Å².